The van der Waals surface area contributed by atoms with Gasteiger partial charge in [0.1, 0.15) is 0 Å². The van der Waals surface area contributed by atoms with E-state index < -0.39 is 0 Å². The van der Waals surface area contributed by atoms with Crippen LogP contribution >= 0.6 is 0 Å². The molecular formula is C25H29N7. The van der Waals surface area contributed by atoms with E-state index in [4.69, 9.17) is 10.1 Å². The lowest BCUT2D eigenvalue weighted by Crippen LogP contribution is -2.05. The Balaban J connectivity index is 1.57. The molecule has 0 bridgehead atoms. The Morgan fingerprint density at radius 2 is 1.81 bits per heavy atom. The highest BCUT2D eigenvalue weighted by Gasteiger charge is 2.12. The molecule has 0 spiro atoms. The molecule has 0 amide bonds. The molecule has 164 valence electrons. The van der Waals surface area contributed by atoms with Gasteiger partial charge < -0.3 is 0 Å². The minimum absolute atomic E-state index is 0.591. The van der Waals surface area contributed by atoms with E-state index in [0.29, 0.717) is 18.3 Å². The van der Waals surface area contributed by atoms with Gasteiger partial charge in [-0.15, -0.1) is 10.2 Å². The normalized spacial score (nSPS) is 11.6. The number of aryl methyl sites for hydroxylation is 1. The first-order valence-electron chi connectivity index (χ1n) is 11.2. The first kappa shape index (κ1) is 21.6. The van der Waals surface area contributed by atoms with E-state index >= 15 is 0 Å². The van der Waals surface area contributed by atoms with Crippen LogP contribution in [0.4, 0.5) is 0 Å². The molecule has 1 N–H and O–H groups in total. The Morgan fingerprint density at radius 1 is 1.03 bits per heavy atom. The molecule has 0 unspecified atom stereocenters. The van der Waals surface area contributed by atoms with E-state index in [9.17, 15) is 0 Å². The third-order valence-corrected chi connectivity index (χ3v) is 5.30. The van der Waals surface area contributed by atoms with Crippen molar-refractivity contribution in [2.24, 2.45) is 5.92 Å². The Bertz CT molecular complexity index is 1160. The predicted octanol–water partition coefficient (Wildman–Crippen LogP) is 5.19. The summed E-state index contributed by atoms with van der Waals surface area (Å²) in [4.78, 5) is 4.76. The molecule has 4 rings (SSSR count). The Kier molecular flexibility index (Phi) is 6.84. The number of hydrogen-bond donors (Lipinski definition) is 1. The van der Waals surface area contributed by atoms with E-state index in [1.54, 1.807) is 0 Å². The molecule has 7 heteroatoms. The van der Waals surface area contributed by atoms with Gasteiger partial charge in [0.2, 0.25) is 5.82 Å². The third kappa shape index (κ3) is 5.17. The van der Waals surface area contributed by atoms with E-state index in [2.05, 4.69) is 83.9 Å². The quantitative estimate of drug-likeness (QED) is 0.397. The minimum Gasteiger partial charge on any atom is -0.242 e. The van der Waals surface area contributed by atoms with Crippen LogP contribution < -0.4 is 0 Å². The fourth-order valence-electron chi connectivity index (χ4n) is 3.56. The second-order valence-corrected chi connectivity index (χ2v) is 8.26. The van der Waals surface area contributed by atoms with Crippen LogP contribution in [0, 0.1) is 5.92 Å². The summed E-state index contributed by atoms with van der Waals surface area (Å²) in [6, 6.07) is 16.6. The van der Waals surface area contributed by atoms with Crippen molar-refractivity contribution in [3.63, 3.8) is 0 Å². The summed E-state index contributed by atoms with van der Waals surface area (Å²) in [5.74, 6) is 3.06. The Morgan fingerprint density at radius 3 is 2.50 bits per heavy atom. The molecular weight excluding hydrogens is 398 g/mol. The largest absolute Gasteiger partial charge is 0.242 e. The molecule has 2 aromatic heterocycles. The molecule has 0 aliphatic rings. The zero-order chi connectivity index (χ0) is 22.3. The van der Waals surface area contributed by atoms with Gasteiger partial charge in [0, 0.05) is 12.0 Å². The lowest BCUT2D eigenvalue weighted by Gasteiger charge is -2.09. The molecule has 32 heavy (non-hydrogen) atoms. The zero-order valence-electron chi connectivity index (χ0n) is 18.9. The number of nitrogens with one attached hydrogen (secondary N) is 1. The first-order valence-corrected chi connectivity index (χ1v) is 11.2. The first-order chi connectivity index (χ1) is 15.6. The third-order valence-electron chi connectivity index (χ3n) is 5.30. The summed E-state index contributed by atoms with van der Waals surface area (Å²) >= 11 is 0. The summed E-state index contributed by atoms with van der Waals surface area (Å²) in [5.41, 5.74) is 4.31. The summed E-state index contributed by atoms with van der Waals surface area (Å²) in [7, 11) is 0. The number of rotatable bonds is 9. The van der Waals surface area contributed by atoms with Gasteiger partial charge in [-0.2, -0.15) is 10.3 Å². The zero-order valence-corrected chi connectivity index (χ0v) is 18.9. The highest BCUT2D eigenvalue weighted by atomic mass is 15.5. The molecule has 0 aliphatic carbocycles. The van der Waals surface area contributed by atoms with Gasteiger partial charge in [-0.05, 0) is 46.7 Å². The van der Waals surface area contributed by atoms with Gasteiger partial charge >= 0.3 is 0 Å². The average molecular weight is 428 g/mol. The summed E-state index contributed by atoms with van der Waals surface area (Å²) in [6.07, 6.45) is 7.17. The molecule has 4 aromatic rings. The number of H-pyrrole nitrogens is 1. The van der Waals surface area contributed by atoms with E-state index in [-0.39, 0.29) is 0 Å². The van der Waals surface area contributed by atoms with Crippen LogP contribution in [-0.4, -0.2) is 35.4 Å². The van der Waals surface area contributed by atoms with Crippen LogP contribution in [0.5, 0.6) is 0 Å². The highest BCUT2D eigenvalue weighted by Crippen LogP contribution is 2.29. The molecule has 0 aliphatic heterocycles. The number of nitrogens with zero attached hydrogens (tertiary/aromatic N) is 6. The van der Waals surface area contributed by atoms with Crippen LogP contribution in [0.25, 0.3) is 28.6 Å². The van der Waals surface area contributed by atoms with Crippen molar-refractivity contribution in [2.45, 2.75) is 46.6 Å². The number of aromatic amines is 1. The lowest BCUT2D eigenvalue weighted by molar-refractivity contribution is 0.569. The predicted molar refractivity (Wildman–Crippen MR) is 127 cm³/mol. The van der Waals surface area contributed by atoms with E-state index in [1.165, 1.54) is 5.56 Å². The van der Waals surface area contributed by atoms with Crippen molar-refractivity contribution in [2.75, 3.05) is 0 Å². The average Bonchev–Trinajstić information content (AvgIpc) is 3.47. The number of tetrazole rings is 1. The lowest BCUT2D eigenvalue weighted by atomic mass is 9.98. The molecule has 0 saturated heterocycles. The van der Waals surface area contributed by atoms with Gasteiger partial charge in [-0.1, -0.05) is 75.4 Å². The van der Waals surface area contributed by atoms with Crippen molar-refractivity contribution >= 4 is 6.08 Å². The minimum atomic E-state index is 0.591. The number of benzene rings is 2. The maximum Gasteiger partial charge on any atom is 0.205 e. The maximum absolute atomic E-state index is 4.79. The second-order valence-electron chi connectivity index (χ2n) is 8.26. The molecule has 0 radical (unpaired) electrons. The topological polar surface area (TPSA) is 85.2 Å². The SMILES string of the molecule is CC/C=C/c1nc(CCC(C)C)nn1Cc1ccc(-c2ccccc2-c2nn[nH]n2)cc1. The Labute approximate surface area is 188 Å². The molecule has 7 nitrogen and oxygen atoms in total. The van der Waals surface area contributed by atoms with Crippen LogP contribution in [0.2, 0.25) is 0 Å². The van der Waals surface area contributed by atoms with Crippen molar-refractivity contribution in [1.29, 1.82) is 0 Å². The van der Waals surface area contributed by atoms with Crippen LogP contribution in [0.3, 0.4) is 0 Å². The molecule has 2 heterocycles. The molecule has 2 aromatic carbocycles. The monoisotopic (exact) mass is 427 g/mol. The van der Waals surface area contributed by atoms with Crippen molar-refractivity contribution in [3.8, 4) is 22.5 Å². The van der Waals surface area contributed by atoms with E-state index in [0.717, 1.165) is 47.6 Å². The van der Waals surface area contributed by atoms with Gasteiger partial charge in [0.25, 0.3) is 0 Å². The van der Waals surface area contributed by atoms with Gasteiger partial charge in [-0.3, -0.25) is 0 Å². The van der Waals surface area contributed by atoms with Crippen molar-refractivity contribution < 1.29 is 0 Å². The van der Waals surface area contributed by atoms with Gasteiger partial charge in [0.15, 0.2) is 11.6 Å². The summed E-state index contributed by atoms with van der Waals surface area (Å²) in [6.45, 7) is 7.27. The number of aromatic nitrogens is 7. The van der Waals surface area contributed by atoms with Gasteiger partial charge in [-0.25, -0.2) is 9.67 Å². The highest BCUT2D eigenvalue weighted by molar-refractivity contribution is 5.80. The number of hydrogen-bond acceptors (Lipinski definition) is 5. The smallest absolute Gasteiger partial charge is 0.205 e. The second kappa shape index (κ2) is 10.1. The molecule has 0 fully saturated rings. The molecule has 0 saturated carbocycles. The van der Waals surface area contributed by atoms with E-state index in [1.807, 2.05) is 22.9 Å². The fourth-order valence-corrected chi connectivity index (χ4v) is 3.56. The van der Waals surface area contributed by atoms with Crippen LogP contribution in [-0.2, 0) is 13.0 Å². The van der Waals surface area contributed by atoms with Crippen LogP contribution in [0.15, 0.2) is 54.6 Å². The Hall–Kier alpha value is -3.61. The summed E-state index contributed by atoms with van der Waals surface area (Å²) in [5, 5.41) is 19.3. The number of allylic oxidation sites excluding steroid dienone is 1. The van der Waals surface area contributed by atoms with Crippen molar-refractivity contribution in [3.05, 3.63) is 71.8 Å². The fraction of sp³-hybridized carbons (Fsp3) is 0.320. The standard InChI is InChI=1S/C25H29N7/c1-4-5-10-24-26-23(16-11-18(2)3)29-32(24)17-19-12-14-20(15-13-19)21-8-6-7-9-22(21)25-27-30-31-28-25/h5-10,12-15,18H,4,11,16-17H2,1-3H3,(H,27,28,30,31)/b10-5+. The summed E-state index contributed by atoms with van der Waals surface area (Å²) < 4.78 is 2.00. The maximum atomic E-state index is 4.79. The molecule has 0 atom stereocenters. The van der Waals surface area contributed by atoms with Crippen LogP contribution in [0.1, 0.15) is 50.8 Å². The van der Waals surface area contributed by atoms with Crippen molar-refractivity contribution in [1.82, 2.24) is 35.4 Å². The van der Waals surface area contributed by atoms with Gasteiger partial charge in [0.05, 0.1) is 6.54 Å².